The zero-order valence-electron chi connectivity index (χ0n) is 17.7. The summed E-state index contributed by atoms with van der Waals surface area (Å²) in [4.78, 5) is 12.8. The second kappa shape index (κ2) is 9.20. The predicted octanol–water partition coefficient (Wildman–Crippen LogP) is 4.30. The van der Waals surface area contributed by atoms with E-state index in [1.165, 1.54) is 39.4 Å². The highest BCUT2D eigenvalue weighted by atomic mass is 32.2. The average molecular weight is 441 g/mol. The van der Waals surface area contributed by atoms with Crippen molar-refractivity contribution in [2.45, 2.75) is 11.8 Å². The van der Waals surface area contributed by atoms with Crippen LogP contribution < -0.4 is 14.8 Å². The maximum Gasteiger partial charge on any atom is 0.255 e. The van der Waals surface area contributed by atoms with Crippen LogP contribution in [0.25, 0.3) is 0 Å². The number of rotatable bonds is 7. The molecule has 7 nitrogen and oxygen atoms in total. The van der Waals surface area contributed by atoms with Crippen molar-refractivity contribution in [2.75, 3.05) is 26.5 Å². The number of carbonyl (C=O) groups excluding carboxylic acids is 1. The summed E-state index contributed by atoms with van der Waals surface area (Å²) < 4.78 is 37.4. The molecule has 3 aromatic rings. The molecule has 3 aromatic carbocycles. The highest BCUT2D eigenvalue weighted by molar-refractivity contribution is 7.89. The summed E-state index contributed by atoms with van der Waals surface area (Å²) in [6.45, 7) is 1.98. The lowest BCUT2D eigenvalue weighted by molar-refractivity contribution is 0.102. The number of carbonyl (C=O) groups is 1. The Balaban J connectivity index is 1.90. The Morgan fingerprint density at radius 1 is 0.935 bits per heavy atom. The molecule has 0 saturated heterocycles. The van der Waals surface area contributed by atoms with E-state index in [0.29, 0.717) is 17.2 Å². The quantitative estimate of drug-likeness (QED) is 0.592. The molecular weight excluding hydrogens is 416 g/mol. The van der Waals surface area contributed by atoms with Gasteiger partial charge in [0.2, 0.25) is 10.0 Å². The molecule has 0 heterocycles. The molecule has 0 bridgehead atoms. The minimum Gasteiger partial charge on any atom is -0.495 e. The van der Waals surface area contributed by atoms with Crippen molar-refractivity contribution in [1.29, 1.82) is 0 Å². The zero-order valence-corrected chi connectivity index (χ0v) is 18.6. The second-order valence-corrected chi connectivity index (χ2v) is 9.14. The van der Waals surface area contributed by atoms with E-state index in [4.69, 9.17) is 9.47 Å². The van der Waals surface area contributed by atoms with E-state index in [2.05, 4.69) is 5.32 Å². The molecular formula is C23H24N2O5S. The van der Waals surface area contributed by atoms with Crippen LogP contribution in [0.2, 0.25) is 0 Å². The summed E-state index contributed by atoms with van der Waals surface area (Å²) in [5.74, 6) is 0.789. The highest BCUT2D eigenvalue weighted by Gasteiger charge is 2.24. The van der Waals surface area contributed by atoms with Crippen molar-refractivity contribution < 1.29 is 22.7 Å². The number of anilines is 1. The maximum absolute atomic E-state index is 12.9. The molecule has 31 heavy (non-hydrogen) atoms. The molecule has 0 aliphatic rings. The number of hydrogen-bond acceptors (Lipinski definition) is 5. The summed E-state index contributed by atoms with van der Waals surface area (Å²) in [7, 11) is 0.414. The minimum atomic E-state index is -3.80. The fourth-order valence-electron chi connectivity index (χ4n) is 2.80. The first-order valence-electron chi connectivity index (χ1n) is 9.48. The third-order valence-electron chi connectivity index (χ3n) is 4.57. The van der Waals surface area contributed by atoms with Gasteiger partial charge in [0.05, 0.1) is 12.8 Å². The molecule has 0 aromatic heterocycles. The maximum atomic E-state index is 12.9. The van der Waals surface area contributed by atoms with E-state index < -0.39 is 15.9 Å². The van der Waals surface area contributed by atoms with Gasteiger partial charge in [-0.2, -0.15) is 0 Å². The van der Waals surface area contributed by atoms with Gasteiger partial charge in [-0.25, -0.2) is 12.7 Å². The SMILES string of the molecule is COc1ccc(C(=O)Nc2ccccc2Oc2ccc(C)cc2)cc1S(=O)(=O)N(C)C. The second-order valence-electron chi connectivity index (χ2n) is 7.02. The van der Waals surface area contributed by atoms with Gasteiger partial charge in [0.25, 0.3) is 5.91 Å². The molecule has 0 radical (unpaired) electrons. The van der Waals surface area contributed by atoms with Gasteiger partial charge in [-0.15, -0.1) is 0 Å². The largest absolute Gasteiger partial charge is 0.495 e. The van der Waals surface area contributed by atoms with Crippen LogP contribution in [0.3, 0.4) is 0 Å². The average Bonchev–Trinajstić information content (AvgIpc) is 2.76. The molecule has 0 atom stereocenters. The van der Waals surface area contributed by atoms with Crippen LogP contribution in [-0.2, 0) is 10.0 Å². The summed E-state index contributed by atoms with van der Waals surface area (Å²) in [6, 6.07) is 18.8. The number of aryl methyl sites for hydroxylation is 1. The molecule has 3 rings (SSSR count). The zero-order chi connectivity index (χ0) is 22.6. The summed E-state index contributed by atoms with van der Waals surface area (Å²) in [5, 5.41) is 2.79. The monoisotopic (exact) mass is 440 g/mol. The van der Waals surface area contributed by atoms with E-state index in [1.807, 2.05) is 31.2 Å². The molecule has 0 spiro atoms. The Kier molecular flexibility index (Phi) is 6.62. The van der Waals surface area contributed by atoms with E-state index >= 15 is 0 Å². The van der Waals surface area contributed by atoms with Gasteiger partial charge in [-0.3, -0.25) is 4.79 Å². The van der Waals surface area contributed by atoms with Gasteiger partial charge in [-0.05, 0) is 49.4 Å². The fourth-order valence-corrected chi connectivity index (χ4v) is 3.88. The van der Waals surface area contributed by atoms with Crippen LogP contribution in [0.4, 0.5) is 5.69 Å². The Bertz CT molecular complexity index is 1190. The van der Waals surface area contributed by atoms with Gasteiger partial charge in [0, 0.05) is 19.7 Å². The molecule has 0 aliphatic heterocycles. The fraction of sp³-hybridized carbons (Fsp3) is 0.174. The highest BCUT2D eigenvalue weighted by Crippen LogP contribution is 2.31. The molecule has 0 fully saturated rings. The number of methoxy groups -OCH3 is 1. The lowest BCUT2D eigenvalue weighted by Crippen LogP contribution is -2.23. The van der Waals surface area contributed by atoms with Crippen molar-refractivity contribution in [3.63, 3.8) is 0 Å². The van der Waals surface area contributed by atoms with Crippen molar-refractivity contribution in [2.24, 2.45) is 0 Å². The Morgan fingerprint density at radius 2 is 1.61 bits per heavy atom. The van der Waals surface area contributed by atoms with Gasteiger partial charge in [0.15, 0.2) is 5.75 Å². The van der Waals surface area contributed by atoms with Gasteiger partial charge in [0.1, 0.15) is 16.4 Å². The van der Waals surface area contributed by atoms with Crippen molar-refractivity contribution >= 4 is 21.6 Å². The van der Waals surface area contributed by atoms with Gasteiger partial charge >= 0.3 is 0 Å². The number of nitrogens with zero attached hydrogens (tertiary/aromatic N) is 1. The minimum absolute atomic E-state index is 0.0863. The Morgan fingerprint density at radius 3 is 2.26 bits per heavy atom. The number of benzene rings is 3. The standard InChI is InChI=1S/C23H24N2O5S/c1-16-9-12-18(13-10-16)30-20-8-6-5-7-19(20)24-23(26)17-11-14-21(29-4)22(15-17)31(27,28)25(2)3/h5-15H,1-4H3,(H,24,26). The van der Waals surface area contributed by atoms with Gasteiger partial charge < -0.3 is 14.8 Å². The number of sulfonamides is 1. The van der Waals surface area contributed by atoms with Crippen LogP contribution >= 0.6 is 0 Å². The third kappa shape index (κ3) is 5.04. The predicted molar refractivity (Wildman–Crippen MR) is 120 cm³/mol. The molecule has 1 N–H and O–H groups in total. The van der Waals surface area contributed by atoms with Crippen LogP contribution in [0.1, 0.15) is 15.9 Å². The molecule has 8 heteroatoms. The third-order valence-corrected chi connectivity index (χ3v) is 6.40. The molecule has 0 saturated carbocycles. The van der Waals surface area contributed by atoms with Crippen LogP contribution in [0.15, 0.2) is 71.6 Å². The number of para-hydroxylation sites is 2. The summed E-state index contributed by atoms with van der Waals surface area (Å²) >= 11 is 0. The van der Waals surface area contributed by atoms with Gasteiger partial charge in [-0.1, -0.05) is 29.8 Å². The molecule has 1 amide bonds. The topological polar surface area (TPSA) is 84.9 Å². The Labute approximate surface area is 182 Å². The number of nitrogens with one attached hydrogen (secondary N) is 1. The number of hydrogen-bond donors (Lipinski definition) is 1. The normalized spacial score (nSPS) is 11.3. The lowest BCUT2D eigenvalue weighted by Gasteiger charge is -2.16. The first kappa shape index (κ1) is 22.3. The van der Waals surface area contributed by atoms with E-state index in [1.54, 1.807) is 24.3 Å². The first-order valence-corrected chi connectivity index (χ1v) is 10.9. The van der Waals surface area contributed by atoms with Crippen LogP contribution in [0.5, 0.6) is 17.2 Å². The van der Waals surface area contributed by atoms with E-state index in [0.717, 1.165) is 9.87 Å². The molecule has 0 aliphatic carbocycles. The van der Waals surface area contributed by atoms with Crippen molar-refractivity contribution in [3.05, 3.63) is 77.9 Å². The van der Waals surface area contributed by atoms with E-state index in [-0.39, 0.29) is 16.2 Å². The molecule has 162 valence electrons. The number of ether oxygens (including phenoxy) is 2. The first-order chi connectivity index (χ1) is 14.7. The van der Waals surface area contributed by atoms with Crippen LogP contribution in [-0.4, -0.2) is 39.8 Å². The van der Waals surface area contributed by atoms with E-state index in [9.17, 15) is 13.2 Å². The summed E-state index contributed by atoms with van der Waals surface area (Å²) in [6.07, 6.45) is 0. The van der Waals surface area contributed by atoms with Crippen LogP contribution in [0, 0.1) is 6.92 Å². The molecule has 0 unspecified atom stereocenters. The van der Waals surface area contributed by atoms with Crippen molar-refractivity contribution in [1.82, 2.24) is 4.31 Å². The smallest absolute Gasteiger partial charge is 0.255 e. The number of amides is 1. The lowest BCUT2D eigenvalue weighted by atomic mass is 10.2. The van der Waals surface area contributed by atoms with Crippen molar-refractivity contribution in [3.8, 4) is 17.2 Å². The summed E-state index contributed by atoms with van der Waals surface area (Å²) in [5.41, 5.74) is 1.74. The Hall–Kier alpha value is -3.36.